The van der Waals surface area contributed by atoms with Gasteiger partial charge in [-0.25, -0.2) is 9.07 Å². The second-order valence-electron chi connectivity index (χ2n) is 3.30. The molecule has 1 heterocycles. The van der Waals surface area contributed by atoms with Crippen LogP contribution in [-0.2, 0) is 0 Å². The molecule has 0 saturated heterocycles. The minimum absolute atomic E-state index is 0.229. The Hall–Kier alpha value is -1.13. The third-order valence-corrected chi connectivity index (χ3v) is 2.60. The molecule has 1 unspecified atom stereocenters. The Morgan fingerprint density at radius 3 is 2.75 bits per heavy atom. The van der Waals surface area contributed by atoms with Crippen molar-refractivity contribution in [1.29, 1.82) is 0 Å². The summed E-state index contributed by atoms with van der Waals surface area (Å²) in [4.78, 5) is 0. The highest BCUT2D eigenvalue weighted by atomic mass is 35.5. The Morgan fingerprint density at radius 2 is 2.19 bits per heavy atom. The summed E-state index contributed by atoms with van der Waals surface area (Å²) in [5.74, 6) is -0.389. The van der Waals surface area contributed by atoms with Crippen molar-refractivity contribution in [3.8, 4) is 5.69 Å². The van der Waals surface area contributed by atoms with E-state index >= 15 is 0 Å². The Balaban J connectivity index is 2.42. The summed E-state index contributed by atoms with van der Waals surface area (Å²) in [6.07, 6.45) is 1.66. The van der Waals surface area contributed by atoms with E-state index in [1.165, 1.54) is 22.9 Å². The van der Waals surface area contributed by atoms with Crippen LogP contribution >= 0.6 is 23.2 Å². The average Bonchev–Trinajstić information content (AvgIpc) is 2.66. The van der Waals surface area contributed by atoms with E-state index < -0.39 is 0 Å². The fourth-order valence-electron chi connectivity index (χ4n) is 1.24. The predicted molar refractivity (Wildman–Crippen MR) is 60.6 cm³/mol. The summed E-state index contributed by atoms with van der Waals surface area (Å²) in [6.45, 7) is 1.79. The first-order valence-corrected chi connectivity index (χ1v) is 5.41. The SMILES string of the molecule is CC(Cl)c1cn(-c2ccc(F)cc2Cl)nn1. The van der Waals surface area contributed by atoms with Gasteiger partial charge in [0, 0.05) is 0 Å². The van der Waals surface area contributed by atoms with Crippen molar-refractivity contribution in [2.45, 2.75) is 12.3 Å². The van der Waals surface area contributed by atoms with Gasteiger partial charge in [-0.3, -0.25) is 0 Å². The van der Waals surface area contributed by atoms with Crippen molar-refractivity contribution in [3.63, 3.8) is 0 Å². The van der Waals surface area contributed by atoms with Gasteiger partial charge in [0.05, 0.1) is 22.3 Å². The van der Waals surface area contributed by atoms with E-state index in [1.807, 2.05) is 0 Å². The fourth-order valence-corrected chi connectivity index (χ4v) is 1.60. The summed E-state index contributed by atoms with van der Waals surface area (Å²) in [6, 6.07) is 4.07. The average molecular weight is 260 g/mol. The van der Waals surface area contributed by atoms with Crippen LogP contribution in [0.3, 0.4) is 0 Å². The van der Waals surface area contributed by atoms with Crippen molar-refractivity contribution in [1.82, 2.24) is 15.0 Å². The summed E-state index contributed by atoms with van der Waals surface area (Å²) >= 11 is 11.8. The zero-order valence-electron chi connectivity index (χ0n) is 8.36. The molecule has 6 heteroatoms. The van der Waals surface area contributed by atoms with Crippen molar-refractivity contribution in [2.24, 2.45) is 0 Å². The summed E-state index contributed by atoms with van der Waals surface area (Å²) in [5.41, 5.74) is 1.21. The quantitative estimate of drug-likeness (QED) is 0.775. The molecule has 2 aromatic rings. The lowest BCUT2D eigenvalue weighted by atomic mass is 10.3. The van der Waals surface area contributed by atoms with Crippen LogP contribution in [0.15, 0.2) is 24.4 Å². The van der Waals surface area contributed by atoms with Crippen LogP contribution in [0.25, 0.3) is 5.69 Å². The molecule has 0 aliphatic heterocycles. The maximum Gasteiger partial charge on any atom is 0.124 e. The van der Waals surface area contributed by atoms with E-state index in [2.05, 4.69) is 10.3 Å². The Bertz CT molecular complexity index is 511. The number of halogens is 3. The van der Waals surface area contributed by atoms with Crippen LogP contribution in [0.1, 0.15) is 18.0 Å². The molecule has 3 nitrogen and oxygen atoms in total. The van der Waals surface area contributed by atoms with Gasteiger partial charge in [0.1, 0.15) is 11.5 Å². The Morgan fingerprint density at radius 1 is 1.44 bits per heavy atom. The summed E-state index contributed by atoms with van der Waals surface area (Å²) < 4.78 is 14.3. The van der Waals surface area contributed by atoms with Crippen molar-refractivity contribution in [3.05, 3.63) is 40.9 Å². The smallest absolute Gasteiger partial charge is 0.124 e. The van der Waals surface area contributed by atoms with Gasteiger partial charge in [0.2, 0.25) is 0 Å². The third kappa shape index (κ3) is 2.18. The Labute approximate surface area is 102 Å². The largest absolute Gasteiger partial charge is 0.219 e. The van der Waals surface area contributed by atoms with Crippen LogP contribution in [0.2, 0.25) is 5.02 Å². The molecule has 0 saturated carbocycles. The van der Waals surface area contributed by atoms with Crippen molar-refractivity contribution >= 4 is 23.2 Å². The highest BCUT2D eigenvalue weighted by molar-refractivity contribution is 6.32. The Kier molecular flexibility index (Phi) is 3.12. The van der Waals surface area contributed by atoms with E-state index in [9.17, 15) is 4.39 Å². The van der Waals surface area contributed by atoms with E-state index in [1.54, 1.807) is 13.1 Å². The lowest BCUT2D eigenvalue weighted by molar-refractivity contribution is 0.627. The first kappa shape index (κ1) is 11.4. The number of aromatic nitrogens is 3. The highest BCUT2D eigenvalue weighted by Crippen LogP contribution is 2.22. The van der Waals surface area contributed by atoms with Gasteiger partial charge in [-0.05, 0) is 25.1 Å². The molecular weight excluding hydrogens is 252 g/mol. The zero-order chi connectivity index (χ0) is 11.7. The molecular formula is C10H8Cl2FN3. The maximum absolute atomic E-state index is 12.8. The number of alkyl halides is 1. The van der Waals surface area contributed by atoms with Gasteiger partial charge >= 0.3 is 0 Å². The molecule has 84 valence electrons. The fraction of sp³-hybridized carbons (Fsp3) is 0.200. The monoisotopic (exact) mass is 259 g/mol. The lowest BCUT2D eigenvalue weighted by Crippen LogP contribution is -1.96. The van der Waals surface area contributed by atoms with Crippen LogP contribution < -0.4 is 0 Å². The minimum Gasteiger partial charge on any atom is -0.219 e. The van der Waals surface area contributed by atoms with E-state index in [0.29, 0.717) is 11.4 Å². The van der Waals surface area contributed by atoms with Gasteiger partial charge in [-0.15, -0.1) is 16.7 Å². The normalized spacial score (nSPS) is 12.8. The zero-order valence-corrected chi connectivity index (χ0v) is 9.87. The number of hydrogen-bond acceptors (Lipinski definition) is 2. The highest BCUT2D eigenvalue weighted by Gasteiger charge is 2.10. The molecule has 0 fully saturated rings. The summed E-state index contributed by atoms with van der Waals surface area (Å²) in [7, 11) is 0. The minimum atomic E-state index is -0.389. The number of rotatable bonds is 2. The van der Waals surface area contributed by atoms with E-state index in [4.69, 9.17) is 23.2 Å². The van der Waals surface area contributed by atoms with Crippen LogP contribution in [-0.4, -0.2) is 15.0 Å². The van der Waals surface area contributed by atoms with Crippen LogP contribution in [0.4, 0.5) is 4.39 Å². The molecule has 0 spiro atoms. The second-order valence-corrected chi connectivity index (χ2v) is 4.36. The molecule has 0 bridgehead atoms. The molecule has 16 heavy (non-hydrogen) atoms. The molecule has 1 atom stereocenters. The van der Waals surface area contributed by atoms with Gasteiger partial charge < -0.3 is 0 Å². The molecule has 1 aromatic heterocycles. The molecule has 0 radical (unpaired) electrons. The third-order valence-electron chi connectivity index (χ3n) is 2.08. The van der Waals surface area contributed by atoms with Crippen molar-refractivity contribution < 1.29 is 4.39 Å². The first-order chi connectivity index (χ1) is 7.58. The van der Waals surface area contributed by atoms with Crippen LogP contribution in [0, 0.1) is 5.82 Å². The number of benzene rings is 1. The van der Waals surface area contributed by atoms with Gasteiger partial charge in [-0.2, -0.15) is 0 Å². The predicted octanol–water partition coefficient (Wildman–Crippen LogP) is 3.36. The van der Waals surface area contributed by atoms with Gasteiger partial charge in [-0.1, -0.05) is 16.8 Å². The summed E-state index contributed by atoms with van der Waals surface area (Å²) in [5, 5.41) is 7.81. The lowest BCUT2D eigenvalue weighted by Gasteiger charge is -2.02. The topological polar surface area (TPSA) is 30.7 Å². The molecule has 1 aromatic carbocycles. The maximum atomic E-state index is 12.8. The second kappa shape index (κ2) is 4.39. The molecule has 0 aliphatic carbocycles. The molecule has 0 amide bonds. The van der Waals surface area contributed by atoms with E-state index in [0.717, 1.165) is 0 Å². The van der Waals surface area contributed by atoms with Gasteiger partial charge in [0.25, 0.3) is 0 Å². The van der Waals surface area contributed by atoms with Crippen molar-refractivity contribution in [2.75, 3.05) is 0 Å². The standard InChI is InChI=1S/C10H8Cl2FN3/c1-6(11)9-5-16(15-14-9)10-3-2-7(13)4-8(10)12/h2-6H,1H3. The number of nitrogens with zero attached hydrogens (tertiary/aromatic N) is 3. The first-order valence-electron chi connectivity index (χ1n) is 4.59. The van der Waals surface area contributed by atoms with E-state index in [-0.39, 0.29) is 16.2 Å². The van der Waals surface area contributed by atoms with Gasteiger partial charge in [0.15, 0.2) is 0 Å². The molecule has 2 rings (SSSR count). The molecule has 0 N–H and O–H groups in total. The molecule has 0 aliphatic rings. The van der Waals surface area contributed by atoms with Crippen LogP contribution in [0.5, 0.6) is 0 Å². The number of hydrogen-bond donors (Lipinski definition) is 0.